The standard InChI is InChI=1S/C18H22FN3O4S/c1-11-5-6-13(9-15(11)19)21-18(23)12(2)20-14-7-8-17(26-3)16(10-14)22-27(4,24)25/h5-10,12,20,22H,1-4H3,(H,21,23). The number of anilines is 3. The van der Waals surface area contributed by atoms with Gasteiger partial charge >= 0.3 is 0 Å². The molecule has 7 nitrogen and oxygen atoms in total. The second kappa shape index (κ2) is 8.26. The molecule has 0 radical (unpaired) electrons. The number of benzene rings is 2. The first-order chi connectivity index (χ1) is 12.6. The number of hydrogen-bond donors (Lipinski definition) is 3. The van der Waals surface area contributed by atoms with Crippen molar-refractivity contribution < 1.29 is 22.3 Å². The summed E-state index contributed by atoms with van der Waals surface area (Å²) in [4.78, 5) is 12.3. The van der Waals surface area contributed by atoms with E-state index in [2.05, 4.69) is 15.4 Å². The minimum Gasteiger partial charge on any atom is -0.495 e. The Morgan fingerprint density at radius 2 is 1.81 bits per heavy atom. The highest BCUT2D eigenvalue weighted by Gasteiger charge is 2.15. The first-order valence-electron chi connectivity index (χ1n) is 8.08. The monoisotopic (exact) mass is 395 g/mol. The highest BCUT2D eigenvalue weighted by atomic mass is 32.2. The zero-order valence-corrected chi connectivity index (χ0v) is 16.3. The topological polar surface area (TPSA) is 96.5 Å². The van der Waals surface area contributed by atoms with Crippen LogP contribution in [-0.2, 0) is 14.8 Å². The van der Waals surface area contributed by atoms with Gasteiger partial charge in [0.2, 0.25) is 15.9 Å². The smallest absolute Gasteiger partial charge is 0.246 e. The summed E-state index contributed by atoms with van der Waals surface area (Å²) in [5, 5.41) is 5.60. The predicted octanol–water partition coefficient (Wildman–Crippen LogP) is 2.95. The molecule has 0 aromatic heterocycles. The van der Waals surface area contributed by atoms with Gasteiger partial charge in [-0.15, -0.1) is 0 Å². The van der Waals surface area contributed by atoms with Gasteiger partial charge in [0.25, 0.3) is 0 Å². The quantitative estimate of drug-likeness (QED) is 0.670. The number of carbonyl (C=O) groups is 1. The average molecular weight is 395 g/mol. The Kier molecular flexibility index (Phi) is 6.27. The molecule has 0 bridgehead atoms. The molecule has 0 spiro atoms. The Bertz CT molecular complexity index is 948. The lowest BCUT2D eigenvalue weighted by Gasteiger charge is -2.17. The molecule has 3 N–H and O–H groups in total. The molecule has 2 aromatic rings. The molecule has 2 aromatic carbocycles. The van der Waals surface area contributed by atoms with Crippen molar-refractivity contribution in [1.82, 2.24) is 0 Å². The van der Waals surface area contributed by atoms with Crippen molar-refractivity contribution in [3.8, 4) is 5.75 Å². The van der Waals surface area contributed by atoms with Gasteiger partial charge in [0.05, 0.1) is 19.1 Å². The lowest BCUT2D eigenvalue weighted by molar-refractivity contribution is -0.116. The minimum atomic E-state index is -3.49. The molecule has 2 rings (SSSR count). The van der Waals surface area contributed by atoms with Crippen LogP contribution in [0.1, 0.15) is 12.5 Å². The molecule has 0 fully saturated rings. The molecule has 1 atom stereocenters. The molecule has 0 saturated heterocycles. The summed E-state index contributed by atoms with van der Waals surface area (Å²) < 4.78 is 44.0. The molecular formula is C18H22FN3O4S. The van der Waals surface area contributed by atoms with Gasteiger partial charge in [-0.25, -0.2) is 12.8 Å². The Hall–Kier alpha value is -2.81. The van der Waals surface area contributed by atoms with E-state index in [0.29, 0.717) is 22.7 Å². The van der Waals surface area contributed by atoms with Crippen LogP contribution in [0.15, 0.2) is 36.4 Å². The third kappa shape index (κ3) is 5.85. The molecular weight excluding hydrogens is 373 g/mol. The number of rotatable bonds is 7. The lowest BCUT2D eigenvalue weighted by atomic mass is 10.2. The van der Waals surface area contributed by atoms with Crippen LogP contribution in [0.25, 0.3) is 0 Å². The van der Waals surface area contributed by atoms with E-state index in [-0.39, 0.29) is 11.6 Å². The maximum absolute atomic E-state index is 13.6. The molecule has 0 aliphatic carbocycles. The van der Waals surface area contributed by atoms with E-state index in [9.17, 15) is 17.6 Å². The predicted molar refractivity (Wildman–Crippen MR) is 104 cm³/mol. The fraction of sp³-hybridized carbons (Fsp3) is 0.278. The number of nitrogens with one attached hydrogen (secondary N) is 3. The Morgan fingerprint density at radius 1 is 1.15 bits per heavy atom. The van der Waals surface area contributed by atoms with Gasteiger partial charge < -0.3 is 15.4 Å². The molecule has 9 heteroatoms. The number of carbonyl (C=O) groups excluding carboxylic acids is 1. The van der Waals surface area contributed by atoms with Crippen LogP contribution in [0.4, 0.5) is 21.5 Å². The van der Waals surface area contributed by atoms with Crippen molar-refractivity contribution in [3.05, 3.63) is 47.8 Å². The van der Waals surface area contributed by atoms with Crippen molar-refractivity contribution in [3.63, 3.8) is 0 Å². The van der Waals surface area contributed by atoms with Gasteiger partial charge in [-0.3, -0.25) is 9.52 Å². The molecule has 0 saturated carbocycles. The third-order valence-corrected chi connectivity index (χ3v) is 4.30. The van der Waals surface area contributed by atoms with Crippen LogP contribution in [-0.4, -0.2) is 33.7 Å². The molecule has 1 amide bonds. The molecule has 27 heavy (non-hydrogen) atoms. The summed E-state index contributed by atoms with van der Waals surface area (Å²) in [6.45, 7) is 3.27. The van der Waals surface area contributed by atoms with Crippen LogP contribution in [0.3, 0.4) is 0 Å². The molecule has 0 aliphatic heterocycles. The molecule has 146 valence electrons. The van der Waals surface area contributed by atoms with E-state index in [4.69, 9.17) is 4.74 Å². The number of aryl methyl sites for hydroxylation is 1. The average Bonchev–Trinajstić information content (AvgIpc) is 2.57. The zero-order valence-electron chi connectivity index (χ0n) is 15.5. The first kappa shape index (κ1) is 20.5. The van der Waals surface area contributed by atoms with Crippen LogP contribution in [0, 0.1) is 12.7 Å². The van der Waals surface area contributed by atoms with E-state index in [1.54, 1.807) is 38.1 Å². The van der Waals surface area contributed by atoms with E-state index < -0.39 is 21.9 Å². The van der Waals surface area contributed by atoms with E-state index in [1.165, 1.54) is 19.2 Å². The van der Waals surface area contributed by atoms with Gasteiger partial charge in [-0.1, -0.05) is 6.07 Å². The molecule has 1 unspecified atom stereocenters. The number of halogens is 1. The van der Waals surface area contributed by atoms with E-state index in [1.807, 2.05) is 0 Å². The largest absolute Gasteiger partial charge is 0.495 e. The summed E-state index contributed by atoms with van der Waals surface area (Å²) in [7, 11) is -2.07. The van der Waals surface area contributed by atoms with Crippen molar-refractivity contribution in [2.45, 2.75) is 19.9 Å². The summed E-state index contributed by atoms with van der Waals surface area (Å²) in [6, 6.07) is 8.54. The van der Waals surface area contributed by atoms with Crippen molar-refractivity contribution >= 4 is 33.0 Å². The Morgan fingerprint density at radius 3 is 2.41 bits per heavy atom. The second-order valence-electron chi connectivity index (χ2n) is 6.11. The normalized spacial score (nSPS) is 12.2. The maximum atomic E-state index is 13.6. The van der Waals surface area contributed by atoms with Crippen molar-refractivity contribution in [2.24, 2.45) is 0 Å². The Balaban J connectivity index is 2.11. The van der Waals surface area contributed by atoms with Crippen molar-refractivity contribution in [2.75, 3.05) is 28.7 Å². The van der Waals surface area contributed by atoms with Gasteiger partial charge in [0.15, 0.2) is 0 Å². The summed E-state index contributed by atoms with van der Waals surface area (Å²) >= 11 is 0. The van der Waals surface area contributed by atoms with Gasteiger partial charge in [-0.05, 0) is 49.7 Å². The minimum absolute atomic E-state index is 0.248. The summed E-state index contributed by atoms with van der Waals surface area (Å²) in [5.74, 6) is -0.426. The van der Waals surface area contributed by atoms with Gasteiger partial charge in [0.1, 0.15) is 17.6 Å². The van der Waals surface area contributed by atoms with Crippen LogP contribution >= 0.6 is 0 Å². The second-order valence-corrected chi connectivity index (χ2v) is 7.86. The molecule has 0 heterocycles. The maximum Gasteiger partial charge on any atom is 0.246 e. The zero-order chi connectivity index (χ0) is 20.2. The highest BCUT2D eigenvalue weighted by molar-refractivity contribution is 7.92. The fourth-order valence-corrected chi connectivity index (χ4v) is 2.87. The number of amides is 1. The number of hydrogen-bond acceptors (Lipinski definition) is 5. The lowest BCUT2D eigenvalue weighted by Crippen LogP contribution is -2.31. The van der Waals surface area contributed by atoms with E-state index >= 15 is 0 Å². The first-order valence-corrected chi connectivity index (χ1v) is 9.97. The van der Waals surface area contributed by atoms with Crippen LogP contribution < -0.4 is 20.1 Å². The number of ether oxygens (including phenoxy) is 1. The fourth-order valence-electron chi connectivity index (χ4n) is 2.31. The number of methoxy groups -OCH3 is 1. The summed E-state index contributed by atoms with van der Waals surface area (Å²) in [6.07, 6.45) is 1.03. The van der Waals surface area contributed by atoms with Crippen LogP contribution in [0.5, 0.6) is 5.75 Å². The highest BCUT2D eigenvalue weighted by Crippen LogP contribution is 2.29. The van der Waals surface area contributed by atoms with Gasteiger partial charge in [-0.2, -0.15) is 0 Å². The van der Waals surface area contributed by atoms with E-state index in [0.717, 1.165) is 6.26 Å². The summed E-state index contributed by atoms with van der Waals surface area (Å²) in [5.41, 5.74) is 1.60. The SMILES string of the molecule is COc1ccc(NC(C)C(=O)Nc2ccc(C)c(F)c2)cc1NS(C)(=O)=O. The van der Waals surface area contributed by atoms with Crippen molar-refractivity contribution in [1.29, 1.82) is 0 Å². The molecule has 0 aliphatic rings. The Labute approximate surface area is 158 Å². The van der Waals surface area contributed by atoms with Gasteiger partial charge in [0, 0.05) is 11.4 Å². The van der Waals surface area contributed by atoms with Crippen LogP contribution in [0.2, 0.25) is 0 Å². The third-order valence-electron chi connectivity index (χ3n) is 3.71. The number of sulfonamides is 1.